The van der Waals surface area contributed by atoms with Crippen molar-refractivity contribution in [2.45, 2.75) is 19.1 Å². The van der Waals surface area contributed by atoms with Gasteiger partial charge in [0.15, 0.2) is 0 Å². The van der Waals surface area contributed by atoms with Crippen LogP contribution in [0, 0.1) is 0 Å². The molecule has 0 radical (unpaired) electrons. The molecule has 0 saturated carbocycles. The van der Waals surface area contributed by atoms with Gasteiger partial charge in [-0.1, -0.05) is 29.8 Å². The van der Waals surface area contributed by atoms with E-state index in [-0.39, 0.29) is 12.1 Å². The molecule has 1 unspecified atom stereocenters. The molecule has 0 spiro atoms. The number of hydrogen-bond donors (Lipinski definition) is 0. The molecule has 0 N–H and O–H groups in total. The van der Waals surface area contributed by atoms with Gasteiger partial charge in [0.1, 0.15) is 6.10 Å². The molecule has 3 rings (SSSR count). The lowest BCUT2D eigenvalue weighted by Gasteiger charge is -2.31. The molecule has 94 valence electrons. The summed E-state index contributed by atoms with van der Waals surface area (Å²) in [4.78, 5) is 13.5. The fourth-order valence-electron chi connectivity index (χ4n) is 2.53. The molecule has 1 aromatic carbocycles. The molecule has 0 bridgehead atoms. The largest absolute Gasteiger partial charge is 0.455 e. The lowest BCUT2D eigenvalue weighted by atomic mass is 10.0. The molecule has 2 heterocycles. The topological polar surface area (TPSA) is 29.5 Å². The molecule has 18 heavy (non-hydrogen) atoms. The highest BCUT2D eigenvalue weighted by Crippen LogP contribution is 2.26. The first kappa shape index (κ1) is 11.8. The minimum atomic E-state index is -0.199. The predicted molar refractivity (Wildman–Crippen MR) is 69.3 cm³/mol. The fourth-order valence-corrected chi connectivity index (χ4v) is 2.72. The Hall–Kier alpha value is -1.32. The van der Waals surface area contributed by atoms with Crippen LogP contribution in [0.25, 0.3) is 0 Å². The number of carbonyl (C=O) groups is 1. The number of nitrogens with zero attached hydrogens (tertiary/aromatic N) is 1. The highest BCUT2D eigenvalue weighted by atomic mass is 35.5. The third-order valence-corrected chi connectivity index (χ3v) is 3.81. The Morgan fingerprint density at radius 2 is 2.22 bits per heavy atom. The van der Waals surface area contributed by atoms with Crippen molar-refractivity contribution in [3.05, 3.63) is 46.5 Å². The first-order valence-electron chi connectivity index (χ1n) is 6.09. The summed E-state index contributed by atoms with van der Waals surface area (Å²) in [6, 6.07) is 7.88. The summed E-state index contributed by atoms with van der Waals surface area (Å²) < 4.78 is 5.20. The van der Waals surface area contributed by atoms with Crippen LogP contribution in [0.1, 0.15) is 12.0 Å². The molecule has 3 nitrogen and oxygen atoms in total. The Labute approximate surface area is 111 Å². The molecular formula is C14H14ClNO2. The van der Waals surface area contributed by atoms with E-state index in [4.69, 9.17) is 16.3 Å². The van der Waals surface area contributed by atoms with Crippen molar-refractivity contribution in [2.24, 2.45) is 0 Å². The van der Waals surface area contributed by atoms with Crippen LogP contribution in [0.3, 0.4) is 0 Å². The summed E-state index contributed by atoms with van der Waals surface area (Å²) in [6.45, 7) is 2.54. The van der Waals surface area contributed by atoms with Crippen molar-refractivity contribution in [1.29, 1.82) is 0 Å². The Balaban J connectivity index is 1.70. The molecule has 2 aliphatic rings. The number of likely N-dealkylation sites (tertiary alicyclic amines) is 1. The lowest BCUT2D eigenvalue weighted by molar-refractivity contribution is -0.139. The van der Waals surface area contributed by atoms with Crippen LogP contribution in [-0.2, 0) is 16.1 Å². The number of piperidine rings is 1. The normalized spacial score (nSPS) is 23.5. The van der Waals surface area contributed by atoms with Gasteiger partial charge in [-0.05, 0) is 17.2 Å². The number of ether oxygens (including phenoxy) is 1. The molecule has 1 aromatic rings. The van der Waals surface area contributed by atoms with Gasteiger partial charge in [-0.15, -0.1) is 0 Å². The quantitative estimate of drug-likeness (QED) is 0.768. The second-order valence-corrected chi connectivity index (χ2v) is 5.14. The maximum atomic E-state index is 11.2. The highest BCUT2D eigenvalue weighted by Gasteiger charge is 2.31. The molecule has 1 atom stereocenters. The summed E-state index contributed by atoms with van der Waals surface area (Å²) >= 11 is 6.16. The summed E-state index contributed by atoms with van der Waals surface area (Å²) in [5.41, 5.74) is 2.22. The molecule has 0 aromatic heterocycles. The van der Waals surface area contributed by atoms with E-state index < -0.39 is 0 Å². The number of rotatable bonds is 2. The smallest absolute Gasteiger partial charge is 0.331 e. The van der Waals surface area contributed by atoms with Gasteiger partial charge >= 0.3 is 5.97 Å². The van der Waals surface area contributed by atoms with Gasteiger partial charge in [0, 0.05) is 37.2 Å². The Bertz CT molecular complexity index is 512. The van der Waals surface area contributed by atoms with Crippen LogP contribution in [0.15, 0.2) is 35.9 Å². The van der Waals surface area contributed by atoms with Gasteiger partial charge in [-0.3, -0.25) is 4.90 Å². The highest BCUT2D eigenvalue weighted by molar-refractivity contribution is 6.31. The third-order valence-electron chi connectivity index (χ3n) is 3.44. The fraction of sp³-hybridized carbons (Fsp3) is 0.357. The maximum absolute atomic E-state index is 11.2. The Morgan fingerprint density at radius 1 is 1.39 bits per heavy atom. The van der Waals surface area contributed by atoms with Crippen LogP contribution in [0.2, 0.25) is 5.02 Å². The van der Waals surface area contributed by atoms with Crippen LogP contribution >= 0.6 is 11.6 Å². The zero-order valence-electron chi connectivity index (χ0n) is 9.93. The molecule has 1 fully saturated rings. The van der Waals surface area contributed by atoms with E-state index in [0.717, 1.165) is 42.2 Å². The first-order chi connectivity index (χ1) is 8.72. The summed E-state index contributed by atoms with van der Waals surface area (Å²) in [7, 11) is 0. The zero-order valence-corrected chi connectivity index (χ0v) is 10.7. The number of esters is 1. The van der Waals surface area contributed by atoms with Crippen molar-refractivity contribution >= 4 is 17.6 Å². The van der Waals surface area contributed by atoms with Gasteiger partial charge in [-0.2, -0.15) is 0 Å². The number of fused-ring (bicyclic) bond motifs is 1. The van der Waals surface area contributed by atoms with Crippen LogP contribution < -0.4 is 0 Å². The molecule has 1 saturated heterocycles. The van der Waals surface area contributed by atoms with Crippen molar-refractivity contribution in [1.82, 2.24) is 4.90 Å². The van der Waals surface area contributed by atoms with E-state index >= 15 is 0 Å². The van der Waals surface area contributed by atoms with Crippen molar-refractivity contribution in [2.75, 3.05) is 13.1 Å². The van der Waals surface area contributed by atoms with Gasteiger partial charge < -0.3 is 4.74 Å². The first-order valence-corrected chi connectivity index (χ1v) is 6.47. The van der Waals surface area contributed by atoms with E-state index in [0.29, 0.717) is 0 Å². The molecule has 2 aliphatic heterocycles. The molecular weight excluding hydrogens is 250 g/mol. The minimum Gasteiger partial charge on any atom is -0.455 e. The minimum absolute atomic E-state index is 0.0139. The van der Waals surface area contributed by atoms with Crippen molar-refractivity contribution in [3.8, 4) is 0 Å². The van der Waals surface area contributed by atoms with Crippen LogP contribution in [0.5, 0.6) is 0 Å². The molecule has 4 heteroatoms. The monoisotopic (exact) mass is 263 g/mol. The van der Waals surface area contributed by atoms with E-state index in [1.807, 2.05) is 24.3 Å². The van der Waals surface area contributed by atoms with Crippen molar-refractivity contribution in [3.63, 3.8) is 0 Å². The zero-order chi connectivity index (χ0) is 12.5. The van der Waals surface area contributed by atoms with Gasteiger partial charge in [0.25, 0.3) is 0 Å². The number of hydrogen-bond acceptors (Lipinski definition) is 3. The van der Waals surface area contributed by atoms with Crippen LogP contribution in [-0.4, -0.2) is 30.1 Å². The maximum Gasteiger partial charge on any atom is 0.331 e. The SMILES string of the molecule is O=C1C=C2CN(Cc3ccccc3Cl)CCC2O1. The van der Waals surface area contributed by atoms with Crippen LogP contribution in [0.4, 0.5) is 0 Å². The van der Waals surface area contributed by atoms with Gasteiger partial charge in [-0.25, -0.2) is 4.79 Å². The number of halogens is 1. The van der Waals surface area contributed by atoms with E-state index in [2.05, 4.69) is 4.90 Å². The van der Waals surface area contributed by atoms with Gasteiger partial charge in [0.05, 0.1) is 0 Å². The third kappa shape index (κ3) is 2.28. The second-order valence-electron chi connectivity index (χ2n) is 4.74. The predicted octanol–water partition coefficient (Wildman–Crippen LogP) is 2.40. The molecule has 0 amide bonds. The molecule has 0 aliphatic carbocycles. The Kier molecular flexibility index (Phi) is 3.10. The van der Waals surface area contributed by atoms with E-state index in [9.17, 15) is 4.79 Å². The average molecular weight is 264 g/mol. The Morgan fingerprint density at radius 3 is 3.06 bits per heavy atom. The van der Waals surface area contributed by atoms with E-state index in [1.165, 1.54) is 0 Å². The van der Waals surface area contributed by atoms with Crippen molar-refractivity contribution < 1.29 is 9.53 Å². The number of benzene rings is 1. The van der Waals surface area contributed by atoms with E-state index in [1.54, 1.807) is 6.08 Å². The summed E-state index contributed by atoms with van der Waals surface area (Å²) in [5.74, 6) is -0.199. The second kappa shape index (κ2) is 4.75. The summed E-state index contributed by atoms with van der Waals surface area (Å²) in [6.07, 6.45) is 2.52. The average Bonchev–Trinajstić information content (AvgIpc) is 2.71. The van der Waals surface area contributed by atoms with Gasteiger partial charge in [0.2, 0.25) is 0 Å². The lowest BCUT2D eigenvalue weighted by Crippen LogP contribution is -2.36. The number of carbonyl (C=O) groups excluding carboxylic acids is 1. The summed E-state index contributed by atoms with van der Waals surface area (Å²) in [5, 5.41) is 0.798. The standard InChI is InChI=1S/C14H14ClNO2/c15-12-4-2-1-3-10(12)8-16-6-5-13-11(9-16)7-14(17)18-13/h1-4,7,13H,5-6,8-9H2.